The van der Waals surface area contributed by atoms with Crippen LogP contribution in [0.2, 0.25) is 0 Å². The number of methoxy groups -OCH3 is 1. The van der Waals surface area contributed by atoms with E-state index in [0.29, 0.717) is 49.5 Å². The fourth-order valence-corrected chi connectivity index (χ4v) is 5.71. The Hall–Kier alpha value is -5.80. The van der Waals surface area contributed by atoms with E-state index in [1.807, 2.05) is 6.08 Å². The van der Waals surface area contributed by atoms with Crippen molar-refractivity contribution in [2.75, 3.05) is 38.6 Å². The molecule has 14 nitrogen and oxygen atoms in total. The summed E-state index contributed by atoms with van der Waals surface area (Å²) in [5.41, 5.74) is -0.232. The van der Waals surface area contributed by atoms with Gasteiger partial charge in [-0.3, -0.25) is 10.1 Å². The number of halogens is 2. The smallest absolute Gasteiger partial charge is 0.437 e. The van der Waals surface area contributed by atoms with Crippen molar-refractivity contribution < 1.29 is 46.9 Å². The van der Waals surface area contributed by atoms with Gasteiger partial charge in [-0.2, -0.15) is 4.99 Å². The number of nitrogens with one attached hydrogen (secondary N) is 2. The standard InChI is InChI=1S/C41H52F2N6O8/c1-39(2,3)55-36(51)44-24-48-19-15-26(16-20-48)29-13-14-30(33(43)32(29)42)34(50)45-27-11-12-28(31(23-27)54-10)25-17-21-49(22-18-25)35(46-37(52)56-40(4,5)6)47-38(53)57-41(7,8)9/h11-15,17,23-24H,16,18-22H2,1-10H3,(H,45,50)(H,46,47,52,53). The highest BCUT2D eigenvalue weighted by molar-refractivity contribution is 6.05. The second kappa shape index (κ2) is 18.0. The number of ether oxygens (including phenoxy) is 4. The highest BCUT2D eigenvalue weighted by atomic mass is 19.2. The fourth-order valence-electron chi connectivity index (χ4n) is 5.71. The summed E-state index contributed by atoms with van der Waals surface area (Å²) in [7, 11) is 1.47. The molecule has 0 unspecified atom stereocenters. The molecule has 16 heteroatoms. The Kier molecular flexibility index (Phi) is 13.9. The number of guanidine groups is 1. The number of amides is 4. The molecule has 57 heavy (non-hydrogen) atoms. The molecule has 0 bridgehead atoms. The van der Waals surface area contributed by atoms with Gasteiger partial charge in [-0.05, 0) is 105 Å². The third-order valence-corrected chi connectivity index (χ3v) is 8.15. The van der Waals surface area contributed by atoms with Gasteiger partial charge in [0.05, 0.1) is 19.0 Å². The Morgan fingerprint density at radius 2 is 1.35 bits per heavy atom. The maximum atomic E-state index is 15.4. The molecule has 2 N–H and O–H groups in total. The predicted octanol–water partition coefficient (Wildman–Crippen LogP) is 8.18. The summed E-state index contributed by atoms with van der Waals surface area (Å²) < 4.78 is 52.3. The molecule has 0 saturated heterocycles. The van der Waals surface area contributed by atoms with Crippen LogP contribution in [-0.2, 0) is 14.2 Å². The van der Waals surface area contributed by atoms with Crippen molar-refractivity contribution in [2.24, 2.45) is 9.98 Å². The minimum atomic E-state index is -1.28. The van der Waals surface area contributed by atoms with Gasteiger partial charge in [0, 0.05) is 49.1 Å². The highest BCUT2D eigenvalue weighted by Gasteiger charge is 2.27. The van der Waals surface area contributed by atoms with Gasteiger partial charge in [0.1, 0.15) is 22.6 Å². The third kappa shape index (κ3) is 13.1. The maximum Gasteiger partial charge on any atom is 0.437 e. The first-order chi connectivity index (χ1) is 26.5. The number of anilines is 1. The number of nitrogens with zero attached hydrogens (tertiary/aromatic N) is 4. The Bertz CT molecular complexity index is 1990. The van der Waals surface area contributed by atoms with Gasteiger partial charge in [-0.15, -0.1) is 4.99 Å². The number of carbonyl (C=O) groups excluding carboxylic acids is 4. The molecule has 2 aromatic rings. The van der Waals surface area contributed by atoms with Crippen molar-refractivity contribution in [3.8, 4) is 5.75 Å². The summed E-state index contributed by atoms with van der Waals surface area (Å²) >= 11 is 0. The van der Waals surface area contributed by atoms with E-state index in [1.54, 1.807) is 96.4 Å². The molecule has 4 amide bonds. The van der Waals surface area contributed by atoms with Gasteiger partial charge in [-0.25, -0.2) is 23.2 Å². The first-order valence-corrected chi connectivity index (χ1v) is 18.5. The Labute approximate surface area is 332 Å². The lowest BCUT2D eigenvalue weighted by atomic mass is 9.97. The van der Waals surface area contributed by atoms with Crippen molar-refractivity contribution in [1.82, 2.24) is 15.1 Å². The average molecular weight is 795 g/mol. The molecule has 2 aliphatic rings. The lowest BCUT2D eigenvalue weighted by Crippen LogP contribution is -2.48. The van der Waals surface area contributed by atoms with E-state index in [2.05, 4.69) is 20.6 Å². The van der Waals surface area contributed by atoms with Gasteiger partial charge in [0.25, 0.3) is 5.91 Å². The molecule has 0 saturated carbocycles. The van der Waals surface area contributed by atoms with E-state index < -0.39 is 58.2 Å². The van der Waals surface area contributed by atoms with Crippen LogP contribution in [0.25, 0.3) is 11.1 Å². The van der Waals surface area contributed by atoms with Crippen LogP contribution in [0, 0.1) is 11.6 Å². The van der Waals surface area contributed by atoms with Crippen LogP contribution < -0.4 is 15.4 Å². The van der Waals surface area contributed by atoms with Crippen molar-refractivity contribution in [1.29, 1.82) is 0 Å². The molecule has 2 heterocycles. The lowest BCUT2D eigenvalue weighted by molar-refractivity contribution is 0.0551. The Balaban J connectivity index is 1.45. The van der Waals surface area contributed by atoms with Crippen LogP contribution in [0.3, 0.4) is 0 Å². The molecule has 0 aliphatic carbocycles. The fraction of sp³-hybridized carbons (Fsp3) is 0.463. The number of carbonyl (C=O) groups is 4. The normalized spacial score (nSPS) is 15.4. The largest absolute Gasteiger partial charge is 0.496 e. The second-order valence-electron chi connectivity index (χ2n) is 16.3. The van der Waals surface area contributed by atoms with Gasteiger partial charge in [0.2, 0.25) is 5.96 Å². The summed E-state index contributed by atoms with van der Waals surface area (Å²) in [6, 6.07) is 7.55. The summed E-state index contributed by atoms with van der Waals surface area (Å²) in [4.78, 5) is 61.5. The number of rotatable bonds is 6. The van der Waals surface area contributed by atoms with Crippen LogP contribution >= 0.6 is 0 Å². The monoisotopic (exact) mass is 794 g/mol. The molecular formula is C41H52F2N6O8. The quantitative estimate of drug-likeness (QED) is 0.166. The molecule has 0 atom stereocenters. The highest BCUT2D eigenvalue weighted by Crippen LogP contribution is 2.33. The first-order valence-electron chi connectivity index (χ1n) is 18.5. The zero-order chi connectivity index (χ0) is 42.3. The lowest BCUT2D eigenvalue weighted by Gasteiger charge is -2.30. The average Bonchev–Trinajstić information content (AvgIpc) is 3.09. The van der Waals surface area contributed by atoms with Gasteiger partial charge >= 0.3 is 18.3 Å². The summed E-state index contributed by atoms with van der Waals surface area (Å²) in [6.45, 7) is 16.8. The Morgan fingerprint density at radius 1 is 0.754 bits per heavy atom. The molecule has 2 aromatic carbocycles. The first kappa shape index (κ1) is 43.9. The van der Waals surface area contributed by atoms with E-state index in [4.69, 9.17) is 18.9 Å². The summed E-state index contributed by atoms with van der Waals surface area (Å²) in [5, 5.41) is 5.19. The molecule has 0 spiro atoms. The zero-order valence-electron chi connectivity index (χ0n) is 34.2. The van der Waals surface area contributed by atoms with Gasteiger partial charge in [0.15, 0.2) is 11.6 Å². The number of hydrogen-bond donors (Lipinski definition) is 2. The van der Waals surface area contributed by atoms with Crippen LogP contribution in [0.15, 0.2) is 52.5 Å². The van der Waals surface area contributed by atoms with Crippen LogP contribution in [0.4, 0.5) is 28.9 Å². The van der Waals surface area contributed by atoms with E-state index in [9.17, 15) is 19.2 Å². The Morgan fingerprint density at radius 3 is 1.93 bits per heavy atom. The minimum absolute atomic E-state index is 0.0280. The molecule has 0 aromatic heterocycles. The number of alkyl carbamates (subject to hydrolysis) is 1. The van der Waals surface area contributed by atoms with E-state index >= 15 is 8.78 Å². The van der Waals surface area contributed by atoms with Crippen molar-refractivity contribution in [2.45, 2.75) is 92.0 Å². The van der Waals surface area contributed by atoms with E-state index in [1.165, 1.54) is 25.6 Å². The molecule has 4 rings (SSSR count). The van der Waals surface area contributed by atoms with Crippen molar-refractivity contribution in [3.63, 3.8) is 0 Å². The number of hydrogen-bond acceptors (Lipinski definition) is 8. The van der Waals surface area contributed by atoms with Crippen LogP contribution in [-0.4, -0.2) is 96.4 Å². The van der Waals surface area contributed by atoms with Crippen LogP contribution in [0.5, 0.6) is 5.75 Å². The molecular weight excluding hydrogens is 742 g/mol. The summed E-state index contributed by atoms with van der Waals surface area (Å²) in [6.07, 6.45) is 3.39. The SMILES string of the molecule is COc1cc(NC(=O)c2ccc(C3=CCN(C=NC(=O)OC(C)(C)C)CC3)c(F)c2F)ccc1C1=CCN(C(=NC(=O)OC(C)(C)C)NC(=O)OC(C)(C)C)CC1. The van der Waals surface area contributed by atoms with Gasteiger partial charge in [-0.1, -0.05) is 18.2 Å². The number of benzene rings is 2. The van der Waals surface area contributed by atoms with Gasteiger partial charge < -0.3 is 34.1 Å². The molecule has 0 radical (unpaired) electrons. The third-order valence-electron chi connectivity index (χ3n) is 8.15. The van der Waals surface area contributed by atoms with E-state index in [0.717, 1.165) is 11.1 Å². The molecule has 2 aliphatic heterocycles. The van der Waals surface area contributed by atoms with Crippen LogP contribution in [0.1, 0.15) is 96.6 Å². The van der Waals surface area contributed by atoms with Crippen molar-refractivity contribution >= 4 is 53.3 Å². The second-order valence-corrected chi connectivity index (χ2v) is 16.3. The minimum Gasteiger partial charge on any atom is -0.496 e. The zero-order valence-corrected chi connectivity index (χ0v) is 34.2. The summed E-state index contributed by atoms with van der Waals surface area (Å²) in [5.74, 6) is -2.89. The molecule has 308 valence electrons. The maximum absolute atomic E-state index is 15.4. The van der Waals surface area contributed by atoms with Crippen molar-refractivity contribution in [3.05, 3.63) is 70.8 Å². The number of aliphatic imine (C=N–C) groups is 2. The predicted molar refractivity (Wildman–Crippen MR) is 213 cm³/mol. The topological polar surface area (TPSA) is 160 Å². The molecule has 0 fully saturated rings. The van der Waals surface area contributed by atoms with E-state index in [-0.39, 0.29) is 18.1 Å².